The molecule has 4 aromatic rings. The van der Waals surface area contributed by atoms with Gasteiger partial charge >= 0.3 is 171 Å². The second-order valence-corrected chi connectivity index (χ2v) is 11.0. The minimum absolute atomic E-state index is 0.139. The molecular formula is C25H22NO2P. The Balaban J connectivity index is 1.98. The Morgan fingerprint density at radius 1 is 0.621 bits per heavy atom. The van der Waals surface area contributed by atoms with Crippen molar-refractivity contribution in [3.8, 4) is 0 Å². The second-order valence-electron chi connectivity index (χ2n) is 7.11. The molecule has 4 heteroatoms. The molecule has 0 spiro atoms. The fraction of sp³-hybridized carbons (Fsp3) is 0.0400. The van der Waals surface area contributed by atoms with Gasteiger partial charge < -0.3 is 0 Å². The van der Waals surface area contributed by atoms with Gasteiger partial charge in [0.05, 0.1) is 0 Å². The van der Waals surface area contributed by atoms with Gasteiger partial charge in [0.15, 0.2) is 0 Å². The van der Waals surface area contributed by atoms with Gasteiger partial charge in [-0.05, 0) is 0 Å². The molecule has 3 nitrogen and oxygen atoms in total. The van der Waals surface area contributed by atoms with E-state index < -0.39 is 7.26 Å². The summed E-state index contributed by atoms with van der Waals surface area (Å²) in [5, 5.41) is 15.2. The molecule has 0 N–H and O–H groups in total. The molecule has 4 rings (SSSR count). The summed E-state index contributed by atoms with van der Waals surface area (Å²) in [6.45, 7) is 0. The van der Waals surface area contributed by atoms with Crippen LogP contribution in [0.1, 0.15) is 5.56 Å². The van der Waals surface area contributed by atoms with Crippen molar-refractivity contribution < 1.29 is 4.92 Å². The van der Waals surface area contributed by atoms with E-state index in [1.807, 2.05) is 24.3 Å². The van der Waals surface area contributed by atoms with Crippen molar-refractivity contribution in [2.75, 3.05) is 0 Å². The molecule has 0 fully saturated rings. The fourth-order valence-electron chi connectivity index (χ4n) is 4.06. The van der Waals surface area contributed by atoms with Gasteiger partial charge in [0, 0.05) is 0 Å². The Morgan fingerprint density at radius 3 is 1.48 bits per heavy atom. The molecule has 0 amide bonds. The number of non-ortho nitro benzene ring substituents is 1. The topological polar surface area (TPSA) is 43.1 Å². The van der Waals surface area contributed by atoms with Crippen LogP contribution >= 0.6 is 7.26 Å². The molecule has 4 aromatic carbocycles. The molecule has 0 saturated carbocycles. The number of hydrogen-bond donors (Lipinski definition) is 0. The standard InChI is InChI=1S/C25H22NO2P/c27-26(28)22-12-10-11-21(19-22)20-29(23-13-4-1-5-14-23,24-15-6-2-7-16-24)25-17-8-3-9-18-25/h1-19,29H,20H2. The molecule has 29 heavy (non-hydrogen) atoms. The summed E-state index contributed by atoms with van der Waals surface area (Å²) in [6, 6.07) is 38.8. The molecule has 0 unspecified atom stereocenters. The Hall–Kier alpha value is -3.29. The number of rotatable bonds is 6. The first-order valence-electron chi connectivity index (χ1n) is 9.60. The van der Waals surface area contributed by atoms with E-state index in [0.717, 1.165) is 11.7 Å². The first kappa shape index (κ1) is 19.0. The quantitative estimate of drug-likeness (QED) is 0.265. The van der Waals surface area contributed by atoms with Crippen LogP contribution in [0.5, 0.6) is 0 Å². The van der Waals surface area contributed by atoms with Crippen LogP contribution < -0.4 is 15.9 Å². The SMILES string of the molecule is O=[N+]([O-])c1cccc(C[PH](c2ccccc2)(c2ccccc2)c2ccccc2)c1. The van der Waals surface area contributed by atoms with Crippen LogP contribution in [0.15, 0.2) is 115 Å². The molecule has 0 radical (unpaired) electrons. The average Bonchev–Trinajstić information content (AvgIpc) is 2.79. The van der Waals surface area contributed by atoms with Gasteiger partial charge in [-0.2, -0.15) is 0 Å². The number of nitrogens with zero attached hydrogens (tertiary/aromatic N) is 1. The third-order valence-electron chi connectivity index (χ3n) is 5.39. The first-order valence-corrected chi connectivity index (χ1v) is 11.8. The van der Waals surface area contributed by atoms with Crippen LogP contribution in [0.2, 0.25) is 0 Å². The second kappa shape index (κ2) is 8.38. The molecule has 0 saturated heterocycles. The van der Waals surface area contributed by atoms with E-state index >= 15 is 0 Å². The van der Waals surface area contributed by atoms with Crippen LogP contribution in [0, 0.1) is 10.1 Å². The first-order chi connectivity index (χ1) is 14.2. The van der Waals surface area contributed by atoms with Crippen molar-refractivity contribution in [3.05, 3.63) is 131 Å². The van der Waals surface area contributed by atoms with Crippen LogP contribution in [-0.2, 0) is 6.16 Å². The Labute approximate surface area is 171 Å². The molecule has 0 bridgehead atoms. The number of nitro benzene ring substituents is 1. The minimum atomic E-state index is -2.44. The third kappa shape index (κ3) is 3.83. The molecule has 144 valence electrons. The van der Waals surface area contributed by atoms with Gasteiger partial charge in [-0.1, -0.05) is 0 Å². The zero-order chi connectivity index (χ0) is 20.1. The Bertz CT molecular complexity index is 1000. The number of nitro groups is 1. The predicted molar refractivity (Wildman–Crippen MR) is 123 cm³/mol. The summed E-state index contributed by atoms with van der Waals surface area (Å²) in [6.07, 6.45) is 0.757. The van der Waals surface area contributed by atoms with Gasteiger partial charge in [-0.15, -0.1) is 0 Å². The van der Waals surface area contributed by atoms with E-state index in [1.54, 1.807) is 18.2 Å². The van der Waals surface area contributed by atoms with Crippen molar-refractivity contribution in [1.82, 2.24) is 0 Å². The van der Waals surface area contributed by atoms with Crippen molar-refractivity contribution in [2.45, 2.75) is 6.16 Å². The molecule has 0 aliphatic carbocycles. The van der Waals surface area contributed by atoms with Gasteiger partial charge in [-0.3, -0.25) is 0 Å². The number of hydrogen-bond acceptors (Lipinski definition) is 2. The van der Waals surface area contributed by atoms with Crippen molar-refractivity contribution in [1.29, 1.82) is 0 Å². The van der Waals surface area contributed by atoms with Crippen LogP contribution in [0.3, 0.4) is 0 Å². The van der Waals surface area contributed by atoms with E-state index in [9.17, 15) is 10.1 Å². The Kier molecular flexibility index (Phi) is 5.50. The summed E-state index contributed by atoms with van der Waals surface area (Å²) < 4.78 is 0. The monoisotopic (exact) mass is 399 g/mol. The maximum absolute atomic E-state index is 11.3. The predicted octanol–water partition coefficient (Wildman–Crippen LogP) is 4.82. The van der Waals surface area contributed by atoms with Crippen LogP contribution in [0.25, 0.3) is 0 Å². The van der Waals surface area contributed by atoms with Crippen molar-refractivity contribution in [3.63, 3.8) is 0 Å². The summed E-state index contributed by atoms with van der Waals surface area (Å²) in [7, 11) is -2.44. The van der Waals surface area contributed by atoms with Gasteiger partial charge in [0.1, 0.15) is 0 Å². The Morgan fingerprint density at radius 2 is 1.07 bits per heavy atom. The molecule has 0 atom stereocenters. The zero-order valence-electron chi connectivity index (χ0n) is 15.9. The summed E-state index contributed by atoms with van der Waals surface area (Å²) >= 11 is 0. The summed E-state index contributed by atoms with van der Waals surface area (Å²) in [5.41, 5.74) is 1.13. The molecular weight excluding hydrogens is 377 g/mol. The van der Waals surface area contributed by atoms with E-state index in [4.69, 9.17) is 0 Å². The molecule has 0 heterocycles. The fourth-order valence-corrected chi connectivity index (χ4v) is 8.79. The molecule has 0 aliphatic heterocycles. The molecule has 0 aliphatic rings. The summed E-state index contributed by atoms with van der Waals surface area (Å²) in [5.74, 6) is 0. The van der Waals surface area contributed by atoms with Crippen LogP contribution in [-0.4, -0.2) is 4.92 Å². The summed E-state index contributed by atoms with van der Waals surface area (Å²) in [4.78, 5) is 11.0. The van der Waals surface area contributed by atoms with Crippen molar-refractivity contribution >= 4 is 28.9 Å². The zero-order valence-corrected chi connectivity index (χ0v) is 16.9. The van der Waals surface area contributed by atoms with Gasteiger partial charge in [0.25, 0.3) is 0 Å². The average molecular weight is 399 g/mol. The van der Waals surface area contributed by atoms with Crippen LogP contribution in [0.4, 0.5) is 5.69 Å². The normalized spacial score (nSPS) is 11.7. The maximum atomic E-state index is 11.3. The third-order valence-corrected chi connectivity index (χ3v) is 10.3. The van der Waals surface area contributed by atoms with Crippen molar-refractivity contribution in [2.24, 2.45) is 0 Å². The van der Waals surface area contributed by atoms with E-state index in [-0.39, 0.29) is 10.6 Å². The van der Waals surface area contributed by atoms with Gasteiger partial charge in [0.2, 0.25) is 0 Å². The molecule has 0 aromatic heterocycles. The van der Waals surface area contributed by atoms with E-state index in [2.05, 4.69) is 72.8 Å². The number of benzene rings is 4. The van der Waals surface area contributed by atoms with E-state index in [1.165, 1.54) is 15.9 Å². The van der Waals surface area contributed by atoms with E-state index in [0.29, 0.717) is 0 Å². The van der Waals surface area contributed by atoms with Gasteiger partial charge in [-0.25, -0.2) is 0 Å².